The topological polar surface area (TPSA) is 38.9 Å². The molecule has 1 aliphatic rings. The van der Waals surface area contributed by atoms with Gasteiger partial charge in [-0.2, -0.15) is 0 Å². The van der Waals surface area contributed by atoms with E-state index in [9.17, 15) is 0 Å². The van der Waals surface area contributed by atoms with Crippen LogP contribution in [0.4, 0.5) is 0 Å². The molecule has 0 amide bonds. The SMILES string of the molecule is C[Si]1(C)c2ccccc2-c2c(-c3cccc(-c4cccc(-c5ccccc5)c4)c3)nc(-c3cccc(-c4cccc5c4oc4ccccc45)c3)nc21. The Hall–Kier alpha value is -6.36. The van der Waals surface area contributed by atoms with E-state index in [0.717, 1.165) is 61.3 Å². The summed E-state index contributed by atoms with van der Waals surface area (Å²) in [5.74, 6) is 0.747. The Morgan fingerprint density at radius 3 is 1.83 bits per heavy atom. The van der Waals surface area contributed by atoms with E-state index in [-0.39, 0.29) is 0 Å². The van der Waals surface area contributed by atoms with Crippen LogP contribution in [0.15, 0.2) is 174 Å². The fourth-order valence-corrected chi connectivity index (χ4v) is 10.9. The van der Waals surface area contributed by atoms with E-state index in [2.05, 4.69) is 171 Å². The van der Waals surface area contributed by atoms with Gasteiger partial charge < -0.3 is 4.42 Å². The molecule has 4 heteroatoms. The van der Waals surface area contributed by atoms with E-state index in [0.29, 0.717) is 0 Å². The number of para-hydroxylation sites is 2. The molecule has 0 atom stereocenters. The minimum Gasteiger partial charge on any atom is -0.455 e. The zero-order valence-electron chi connectivity index (χ0n) is 29.0. The van der Waals surface area contributed by atoms with Gasteiger partial charge in [0.2, 0.25) is 0 Å². The van der Waals surface area contributed by atoms with Crippen molar-refractivity contribution >= 4 is 40.5 Å². The first-order valence-corrected chi connectivity index (χ1v) is 20.8. The fourth-order valence-electron chi connectivity index (χ4n) is 8.04. The maximum Gasteiger partial charge on any atom is 0.159 e. The van der Waals surface area contributed by atoms with Crippen molar-refractivity contribution in [1.82, 2.24) is 9.97 Å². The van der Waals surface area contributed by atoms with Gasteiger partial charge in [0, 0.05) is 38.3 Å². The van der Waals surface area contributed by atoms with Crippen molar-refractivity contribution in [3.63, 3.8) is 0 Å². The number of furan rings is 1. The molecule has 0 unspecified atom stereocenters. The van der Waals surface area contributed by atoms with Crippen LogP contribution in [0.5, 0.6) is 0 Å². The summed E-state index contributed by atoms with van der Waals surface area (Å²) in [6, 6.07) is 60.3. The molecule has 2 aromatic heterocycles. The number of aromatic nitrogens is 2. The Bertz CT molecular complexity index is 2830. The predicted octanol–water partition coefficient (Wildman–Crippen LogP) is 11.5. The third kappa shape index (κ3) is 4.87. The van der Waals surface area contributed by atoms with E-state index < -0.39 is 8.07 Å². The lowest BCUT2D eigenvalue weighted by atomic mass is 9.95. The molecule has 0 N–H and O–H groups in total. The number of hydrogen-bond donors (Lipinski definition) is 0. The highest BCUT2D eigenvalue weighted by Gasteiger charge is 2.41. The number of nitrogens with zero attached hydrogens (tertiary/aromatic N) is 2. The average molecular weight is 683 g/mol. The Morgan fingerprint density at radius 2 is 1.00 bits per heavy atom. The van der Waals surface area contributed by atoms with Crippen LogP contribution in [0.25, 0.3) is 89.1 Å². The van der Waals surface area contributed by atoms with Crippen LogP contribution in [0.3, 0.4) is 0 Å². The molecule has 0 saturated heterocycles. The van der Waals surface area contributed by atoms with Crippen LogP contribution in [-0.2, 0) is 0 Å². The molecule has 0 radical (unpaired) electrons. The maximum absolute atomic E-state index is 6.44. The third-order valence-corrected chi connectivity index (χ3v) is 14.0. The highest BCUT2D eigenvalue weighted by atomic mass is 28.3. The second-order valence-corrected chi connectivity index (χ2v) is 18.4. The van der Waals surface area contributed by atoms with Crippen molar-refractivity contribution in [3.05, 3.63) is 170 Å². The molecule has 9 aromatic rings. The molecule has 10 rings (SSSR count). The molecule has 3 heterocycles. The number of benzene rings is 7. The zero-order valence-corrected chi connectivity index (χ0v) is 30.0. The molecule has 0 spiro atoms. The summed E-state index contributed by atoms with van der Waals surface area (Å²) in [5.41, 5.74) is 14.2. The van der Waals surface area contributed by atoms with Gasteiger partial charge in [-0.1, -0.05) is 159 Å². The Balaban J connectivity index is 1.14. The normalized spacial score (nSPS) is 13.0. The van der Waals surface area contributed by atoms with Crippen molar-refractivity contribution in [1.29, 1.82) is 0 Å². The second kappa shape index (κ2) is 11.9. The van der Waals surface area contributed by atoms with Crippen molar-refractivity contribution in [2.45, 2.75) is 13.1 Å². The minimum atomic E-state index is -2.13. The van der Waals surface area contributed by atoms with E-state index in [1.807, 2.05) is 12.1 Å². The number of hydrogen-bond acceptors (Lipinski definition) is 3. The molecule has 0 fully saturated rings. The Morgan fingerprint density at radius 1 is 0.442 bits per heavy atom. The van der Waals surface area contributed by atoms with Gasteiger partial charge in [0.05, 0.1) is 5.69 Å². The molecule has 52 heavy (non-hydrogen) atoms. The van der Waals surface area contributed by atoms with E-state index in [1.165, 1.54) is 38.3 Å². The fraction of sp³-hybridized carbons (Fsp3) is 0.0417. The first-order valence-electron chi connectivity index (χ1n) is 17.8. The molecule has 246 valence electrons. The summed E-state index contributed by atoms with van der Waals surface area (Å²) in [4.78, 5) is 10.9. The maximum atomic E-state index is 6.44. The van der Waals surface area contributed by atoms with Gasteiger partial charge in [0.1, 0.15) is 19.2 Å². The van der Waals surface area contributed by atoms with Crippen molar-refractivity contribution < 1.29 is 4.42 Å². The molecular weight excluding hydrogens is 649 g/mol. The molecule has 0 aliphatic carbocycles. The zero-order chi connectivity index (χ0) is 34.8. The van der Waals surface area contributed by atoms with Gasteiger partial charge in [0.15, 0.2) is 5.82 Å². The summed E-state index contributed by atoms with van der Waals surface area (Å²) in [7, 11) is -2.13. The van der Waals surface area contributed by atoms with E-state index >= 15 is 0 Å². The van der Waals surface area contributed by atoms with Gasteiger partial charge >= 0.3 is 0 Å². The quantitative estimate of drug-likeness (QED) is 0.170. The van der Waals surface area contributed by atoms with Crippen LogP contribution in [0, 0.1) is 0 Å². The van der Waals surface area contributed by atoms with E-state index in [1.54, 1.807) is 0 Å². The van der Waals surface area contributed by atoms with Gasteiger partial charge in [-0.15, -0.1) is 0 Å². The minimum absolute atomic E-state index is 0.747. The van der Waals surface area contributed by atoms with Crippen molar-refractivity contribution in [2.75, 3.05) is 0 Å². The molecule has 0 bridgehead atoms. The molecule has 0 saturated carbocycles. The lowest BCUT2D eigenvalue weighted by Gasteiger charge is -2.19. The summed E-state index contributed by atoms with van der Waals surface area (Å²) < 4.78 is 6.44. The standard InChI is InChI=1S/C48H34N2OSi/c1-52(2)43-27-9-7-23-41(43)44-45(36-20-11-18-34(29-36)33-17-10-16-32(28-33)31-14-4-3-5-15-31)49-47(50-48(44)52)37-21-12-19-35(30-37)38-24-13-25-40-39-22-6-8-26-42(39)51-46(38)40/h3-30H,1-2H3. The third-order valence-electron chi connectivity index (χ3n) is 10.6. The molecular formula is C48H34N2OSi. The van der Waals surface area contributed by atoms with Gasteiger partial charge in [-0.05, 0) is 62.8 Å². The van der Waals surface area contributed by atoms with Crippen LogP contribution in [-0.4, -0.2) is 18.0 Å². The first kappa shape index (κ1) is 30.5. The van der Waals surface area contributed by atoms with Gasteiger partial charge in [-0.3, -0.25) is 0 Å². The van der Waals surface area contributed by atoms with Crippen LogP contribution in [0.2, 0.25) is 13.1 Å². The lowest BCUT2D eigenvalue weighted by Crippen LogP contribution is -2.50. The van der Waals surface area contributed by atoms with Gasteiger partial charge in [-0.25, -0.2) is 9.97 Å². The highest BCUT2D eigenvalue weighted by Crippen LogP contribution is 2.40. The largest absolute Gasteiger partial charge is 0.455 e. The first-order chi connectivity index (χ1) is 25.5. The summed E-state index contributed by atoms with van der Waals surface area (Å²) in [6.07, 6.45) is 0. The van der Waals surface area contributed by atoms with Gasteiger partial charge in [0.25, 0.3) is 0 Å². The summed E-state index contributed by atoms with van der Waals surface area (Å²) in [5, 5.41) is 4.85. The average Bonchev–Trinajstić information content (AvgIpc) is 3.70. The second-order valence-electron chi connectivity index (χ2n) is 14.2. The monoisotopic (exact) mass is 682 g/mol. The summed E-state index contributed by atoms with van der Waals surface area (Å²) in [6.45, 7) is 4.84. The number of fused-ring (bicyclic) bond motifs is 6. The molecule has 7 aromatic carbocycles. The number of rotatable bonds is 5. The van der Waals surface area contributed by atoms with Crippen LogP contribution >= 0.6 is 0 Å². The Kier molecular flexibility index (Phi) is 6.95. The van der Waals surface area contributed by atoms with Crippen LogP contribution in [0.1, 0.15) is 0 Å². The summed E-state index contributed by atoms with van der Waals surface area (Å²) >= 11 is 0. The Labute approximate surface area is 303 Å². The van der Waals surface area contributed by atoms with Crippen molar-refractivity contribution in [3.8, 4) is 67.2 Å². The van der Waals surface area contributed by atoms with E-state index in [4.69, 9.17) is 14.4 Å². The predicted molar refractivity (Wildman–Crippen MR) is 219 cm³/mol. The lowest BCUT2D eigenvalue weighted by molar-refractivity contribution is 0.670. The smallest absolute Gasteiger partial charge is 0.159 e. The molecule has 1 aliphatic heterocycles. The highest BCUT2D eigenvalue weighted by molar-refractivity contribution is 7.03. The van der Waals surface area contributed by atoms with Crippen molar-refractivity contribution in [2.24, 2.45) is 0 Å². The molecule has 3 nitrogen and oxygen atoms in total. The van der Waals surface area contributed by atoms with Crippen LogP contribution < -0.4 is 10.5 Å².